The van der Waals surface area contributed by atoms with Crippen LogP contribution in [0.2, 0.25) is 5.02 Å². The molecular weight excluding hydrogens is 580 g/mol. The molecule has 3 aromatic heterocycles. The van der Waals surface area contributed by atoms with E-state index in [1.807, 2.05) is 0 Å². The van der Waals surface area contributed by atoms with E-state index in [9.17, 15) is 18.4 Å². The van der Waals surface area contributed by atoms with E-state index in [0.717, 1.165) is 28.7 Å². The van der Waals surface area contributed by atoms with Gasteiger partial charge in [0.05, 0.1) is 10.7 Å². The minimum absolute atomic E-state index is 0.00525. The van der Waals surface area contributed by atoms with Gasteiger partial charge in [-0.25, -0.2) is 18.4 Å². The molecule has 0 bridgehead atoms. The maximum absolute atomic E-state index is 13.4. The summed E-state index contributed by atoms with van der Waals surface area (Å²) in [7, 11) is 0. The number of alkyl halides is 2. The predicted molar refractivity (Wildman–Crippen MR) is 135 cm³/mol. The topological polar surface area (TPSA) is 112 Å². The van der Waals surface area contributed by atoms with Crippen molar-refractivity contribution in [3.8, 4) is 5.75 Å². The molecule has 0 radical (unpaired) electrons. The van der Waals surface area contributed by atoms with Crippen molar-refractivity contribution in [3.63, 3.8) is 0 Å². The zero-order chi connectivity index (χ0) is 25.6. The second-order valence-corrected chi connectivity index (χ2v) is 10.4. The summed E-state index contributed by atoms with van der Waals surface area (Å²) >= 11 is 10.4. The van der Waals surface area contributed by atoms with Crippen LogP contribution in [0.15, 0.2) is 41.0 Å². The van der Waals surface area contributed by atoms with Gasteiger partial charge in [0.25, 0.3) is 18.2 Å². The number of nitrogens with two attached hydrogens (primary N) is 1. The van der Waals surface area contributed by atoms with Gasteiger partial charge in [-0.05, 0) is 54.7 Å². The molecule has 0 spiro atoms. The average molecular weight is 597 g/mol. The highest BCUT2D eigenvalue weighted by atomic mass is 79.9. The molecule has 2 amide bonds. The third-order valence-electron chi connectivity index (χ3n) is 5.53. The molecule has 1 aliphatic rings. The Morgan fingerprint density at radius 1 is 1.31 bits per heavy atom. The van der Waals surface area contributed by atoms with E-state index < -0.39 is 18.2 Å². The lowest BCUT2D eigenvalue weighted by Gasteiger charge is -2.10. The number of nitrogens with zero attached hydrogens (tertiary/aromatic N) is 3. The van der Waals surface area contributed by atoms with Gasteiger partial charge < -0.3 is 15.8 Å². The molecule has 1 aromatic carbocycles. The highest BCUT2D eigenvalue weighted by molar-refractivity contribution is 9.10. The minimum Gasteiger partial charge on any atom is -0.470 e. The molecule has 8 nitrogen and oxygen atoms in total. The molecule has 13 heteroatoms. The van der Waals surface area contributed by atoms with E-state index in [2.05, 4.69) is 31.3 Å². The number of aromatic nitrogens is 3. The molecule has 0 aliphatic heterocycles. The normalized spacial score (nSPS) is 13.4. The summed E-state index contributed by atoms with van der Waals surface area (Å²) in [6, 6.07) is 7.99. The number of primary amides is 1. The van der Waals surface area contributed by atoms with Crippen LogP contribution < -0.4 is 15.8 Å². The van der Waals surface area contributed by atoms with Crippen molar-refractivity contribution in [2.45, 2.75) is 31.9 Å². The molecule has 36 heavy (non-hydrogen) atoms. The quantitative estimate of drug-likeness (QED) is 0.255. The summed E-state index contributed by atoms with van der Waals surface area (Å²) in [5.41, 5.74) is 6.02. The van der Waals surface area contributed by atoms with E-state index in [1.54, 1.807) is 24.4 Å². The molecule has 3 N–H and O–H groups in total. The second-order valence-electron chi connectivity index (χ2n) is 8.10. The SMILES string of the molecule is NC(=O)c1sc2nc(C(F)F)cc(C3CC3)c2c1NC(=O)c1ccn(COc2ccc(Br)cc2Cl)n1. The largest absolute Gasteiger partial charge is 0.470 e. The molecule has 0 atom stereocenters. The molecule has 3 heterocycles. The summed E-state index contributed by atoms with van der Waals surface area (Å²) in [5, 5.41) is 7.79. The monoisotopic (exact) mass is 595 g/mol. The number of thiophene rings is 1. The number of anilines is 1. The molecule has 5 rings (SSSR count). The van der Waals surface area contributed by atoms with Gasteiger partial charge in [-0.3, -0.25) is 9.59 Å². The fraction of sp³-hybridized carbons (Fsp3) is 0.217. The third kappa shape index (κ3) is 4.93. The zero-order valence-electron chi connectivity index (χ0n) is 18.3. The number of fused-ring (bicyclic) bond motifs is 1. The standard InChI is InChI=1S/C23H17BrClF2N5O3S/c24-11-3-4-16(13(25)7-11)35-9-32-6-5-14(31-32)22(34)30-18-17-12(10-1-2-10)8-15(20(26)27)29-23(17)36-19(18)21(28)33/h3-8,10,20H,1-2,9H2,(H2,28,33)(H,30,34). The van der Waals surface area contributed by atoms with Crippen molar-refractivity contribution in [2.75, 3.05) is 5.32 Å². The van der Waals surface area contributed by atoms with Crippen LogP contribution in [0.3, 0.4) is 0 Å². The van der Waals surface area contributed by atoms with Crippen molar-refractivity contribution in [2.24, 2.45) is 5.73 Å². The van der Waals surface area contributed by atoms with E-state index in [1.165, 1.54) is 16.8 Å². The van der Waals surface area contributed by atoms with Crippen molar-refractivity contribution in [1.82, 2.24) is 14.8 Å². The number of carbonyl (C=O) groups is 2. The highest BCUT2D eigenvalue weighted by Crippen LogP contribution is 2.48. The molecule has 0 unspecified atom stereocenters. The lowest BCUT2D eigenvalue weighted by Crippen LogP contribution is -2.18. The van der Waals surface area contributed by atoms with Crippen molar-refractivity contribution >= 4 is 66.6 Å². The molecule has 1 fully saturated rings. The summed E-state index contributed by atoms with van der Waals surface area (Å²) in [6.07, 6.45) is 0.435. The summed E-state index contributed by atoms with van der Waals surface area (Å²) < 4.78 is 34.7. The van der Waals surface area contributed by atoms with Gasteiger partial charge in [0.2, 0.25) is 0 Å². The maximum atomic E-state index is 13.4. The van der Waals surface area contributed by atoms with Crippen LogP contribution in [0.1, 0.15) is 56.6 Å². The Morgan fingerprint density at radius 3 is 2.75 bits per heavy atom. The van der Waals surface area contributed by atoms with Crippen molar-refractivity contribution in [3.05, 3.63) is 67.9 Å². The number of amides is 2. The number of nitrogens with one attached hydrogen (secondary N) is 1. The smallest absolute Gasteiger partial charge is 0.280 e. The van der Waals surface area contributed by atoms with Gasteiger partial charge in [-0.2, -0.15) is 5.10 Å². The zero-order valence-corrected chi connectivity index (χ0v) is 21.5. The Labute approximate surface area is 220 Å². The molecule has 186 valence electrons. The van der Waals surface area contributed by atoms with Crippen LogP contribution in [-0.4, -0.2) is 26.6 Å². The van der Waals surface area contributed by atoms with Crippen LogP contribution in [0.4, 0.5) is 14.5 Å². The molecule has 0 saturated heterocycles. The number of hydrogen-bond donors (Lipinski definition) is 2. The Hall–Kier alpha value is -3.09. The van der Waals surface area contributed by atoms with Crippen LogP contribution in [0.25, 0.3) is 10.2 Å². The number of ether oxygens (including phenoxy) is 1. The van der Waals surface area contributed by atoms with Crippen LogP contribution in [0, 0.1) is 0 Å². The van der Waals surface area contributed by atoms with Gasteiger partial charge in [0, 0.05) is 16.1 Å². The van der Waals surface area contributed by atoms with Gasteiger partial charge in [0.1, 0.15) is 21.2 Å². The van der Waals surface area contributed by atoms with Crippen LogP contribution in [0.5, 0.6) is 5.75 Å². The summed E-state index contributed by atoms with van der Waals surface area (Å²) in [6.45, 7) is -0.00525. The second kappa shape index (κ2) is 9.75. The number of rotatable bonds is 8. The number of carbonyl (C=O) groups excluding carboxylic acids is 2. The van der Waals surface area contributed by atoms with Crippen molar-refractivity contribution < 1.29 is 23.1 Å². The Morgan fingerprint density at radius 2 is 2.08 bits per heavy atom. The number of halogens is 4. The fourth-order valence-corrected chi connectivity index (χ4v) is 5.48. The first-order valence-corrected chi connectivity index (χ1v) is 12.7. The molecule has 1 aliphatic carbocycles. The summed E-state index contributed by atoms with van der Waals surface area (Å²) in [5.74, 6) is -0.891. The lowest BCUT2D eigenvalue weighted by molar-refractivity contribution is 0.100. The van der Waals surface area contributed by atoms with E-state index >= 15 is 0 Å². The highest BCUT2D eigenvalue weighted by Gasteiger charge is 2.32. The molecular formula is C23H17BrClF2N5O3S. The minimum atomic E-state index is -2.76. The first-order chi connectivity index (χ1) is 17.2. The van der Waals surface area contributed by atoms with Crippen LogP contribution >= 0.6 is 38.9 Å². The van der Waals surface area contributed by atoms with Gasteiger partial charge >= 0.3 is 0 Å². The van der Waals surface area contributed by atoms with E-state index in [-0.39, 0.29) is 39.4 Å². The van der Waals surface area contributed by atoms with Gasteiger partial charge in [-0.1, -0.05) is 27.5 Å². The van der Waals surface area contributed by atoms with Gasteiger partial charge in [-0.15, -0.1) is 11.3 Å². The van der Waals surface area contributed by atoms with E-state index in [4.69, 9.17) is 22.1 Å². The molecule has 1 saturated carbocycles. The van der Waals surface area contributed by atoms with Crippen LogP contribution in [-0.2, 0) is 6.73 Å². The predicted octanol–water partition coefficient (Wildman–Crippen LogP) is 6.11. The van der Waals surface area contributed by atoms with Gasteiger partial charge in [0.15, 0.2) is 12.4 Å². The first-order valence-electron chi connectivity index (χ1n) is 10.7. The summed E-state index contributed by atoms with van der Waals surface area (Å²) in [4.78, 5) is 29.5. The Bertz CT molecular complexity index is 1500. The third-order valence-corrected chi connectivity index (χ3v) is 7.42. The van der Waals surface area contributed by atoms with E-state index in [0.29, 0.717) is 21.7 Å². The lowest BCUT2D eigenvalue weighted by atomic mass is 10.0. The first kappa shape index (κ1) is 24.6. The number of benzene rings is 1. The Balaban J connectivity index is 1.41. The van der Waals surface area contributed by atoms with Crippen molar-refractivity contribution in [1.29, 1.82) is 0 Å². The number of pyridine rings is 1. The average Bonchev–Trinajstić information content (AvgIpc) is 3.45. The fourth-order valence-electron chi connectivity index (χ4n) is 3.73. The maximum Gasteiger partial charge on any atom is 0.280 e. The molecule has 4 aromatic rings. The Kier molecular flexibility index (Phi) is 6.66. The number of hydrogen-bond acceptors (Lipinski definition) is 6.